The Morgan fingerprint density at radius 1 is 1.38 bits per heavy atom. The lowest BCUT2D eigenvalue weighted by Gasteiger charge is -2.17. The Morgan fingerprint density at radius 3 is 2.75 bits per heavy atom. The lowest BCUT2D eigenvalue weighted by molar-refractivity contribution is 0.0886. The molecule has 0 bridgehead atoms. The Bertz CT molecular complexity index is 387. The first-order valence-corrected chi connectivity index (χ1v) is 5.31. The minimum atomic E-state index is -0.988. The normalized spacial score (nSPS) is 22.4. The maximum Gasteiger partial charge on any atom is 0.129 e. The first kappa shape index (κ1) is 11.5. The molecule has 1 saturated heterocycles. The zero-order valence-electron chi connectivity index (χ0n) is 9.04. The van der Waals surface area contributed by atoms with Gasteiger partial charge in [-0.3, -0.25) is 0 Å². The highest BCUT2D eigenvalue weighted by atomic mass is 19.1. The number of hydrogen-bond acceptors (Lipinski definition) is 2. The molecule has 16 heavy (non-hydrogen) atoms. The Kier molecular flexibility index (Phi) is 3.21. The van der Waals surface area contributed by atoms with Crippen LogP contribution in [0.5, 0.6) is 0 Å². The van der Waals surface area contributed by atoms with E-state index in [0.29, 0.717) is 19.6 Å². The summed E-state index contributed by atoms with van der Waals surface area (Å²) in [4.78, 5) is 0. The lowest BCUT2D eigenvalue weighted by Crippen LogP contribution is -2.14. The van der Waals surface area contributed by atoms with Gasteiger partial charge in [-0.05, 0) is 31.0 Å². The van der Waals surface area contributed by atoms with Crippen LogP contribution in [0.2, 0.25) is 0 Å². The zero-order chi connectivity index (χ0) is 11.7. The number of rotatable bonds is 2. The molecule has 1 aromatic carbocycles. The SMILES string of the molecule is Cc1cc(F)c(C(O)C2CCOC2)cc1F. The number of hydrogen-bond donors (Lipinski definition) is 1. The Hall–Kier alpha value is -1.00. The van der Waals surface area contributed by atoms with Crippen molar-refractivity contribution in [2.75, 3.05) is 13.2 Å². The van der Waals surface area contributed by atoms with Crippen LogP contribution in [0.25, 0.3) is 0 Å². The molecule has 0 spiro atoms. The Balaban J connectivity index is 2.28. The van der Waals surface area contributed by atoms with Crippen molar-refractivity contribution in [2.24, 2.45) is 5.92 Å². The zero-order valence-corrected chi connectivity index (χ0v) is 9.04. The molecule has 0 amide bonds. The number of halogens is 2. The number of aliphatic hydroxyl groups excluding tert-OH is 1. The van der Waals surface area contributed by atoms with Gasteiger partial charge in [-0.2, -0.15) is 0 Å². The molecule has 1 N–H and O–H groups in total. The molecule has 1 aliphatic rings. The van der Waals surface area contributed by atoms with Crippen LogP contribution in [0.1, 0.15) is 23.7 Å². The maximum absolute atomic E-state index is 13.6. The molecule has 2 atom stereocenters. The Morgan fingerprint density at radius 2 is 2.12 bits per heavy atom. The topological polar surface area (TPSA) is 29.5 Å². The van der Waals surface area contributed by atoms with E-state index in [9.17, 15) is 13.9 Å². The second-order valence-corrected chi connectivity index (χ2v) is 4.19. The predicted molar refractivity (Wildman–Crippen MR) is 55.0 cm³/mol. The molecule has 88 valence electrons. The van der Waals surface area contributed by atoms with E-state index in [-0.39, 0.29) is 17.0 Å². The van der Waals surface area contributed by atoms with E-state index in [4.69, 9.17) is 4.74 Å². The average molecular weight is 228 g/mol. The largest absolute Gasteiger partial charge is 0.388 e. The van der Waals surface area contributed by atoms with Gasteiger partial charge in [-0.15, -0.1) is 0 Å². The molecule has 2 nitrogen and oxygen atoms in total. The van der Waals surface area contributed by atoms with E-state index in [2.05, 4.69) is 0 Å². The van der Waals surface area contributed by atoms with Crippen LogP contribution in [0, 0.1) is 24.5 Å². The van der Waals surface area contributed by atoms with Crippen molar-refractivity contribution >= 4 is 0 Å². The molecule has 2 rings (SSSR count). The second kappa shape index (κ2) is 4.47. The van der Waals surface area contributed by atoms with Crippen molar-refractivity contribution in [1.29, 1.82) is 0 Å². The highest BCUT2D eigenvalue weighted by molar-refractivity contribution is 5.27. The fourth-order valence-electron chi connectivity index (χ4n) is 1.94. The summed E-state index contributed by atoms with van der Waals surface area (Å²) in [5.74, 6) is -1.19. The van der Waals surface area contributed by atoms with Gasteiger partial charge >= 0.3 is 0 Å². The summed E-state index contributed by atoms with van der Waals surface area (Å²) < 4.78 is 32.0. The standard InChI is InChI=1S/C12H14F2O2/c1-7-4-11(14)9(5-10(7)13)12(15)8-2-3-16-6-8/h4-5,8,12,15H,2-3,6H2,1H3. The van der Waals surface area contributed by atoms with E-state index < -0.39 is 17.7 Å². The smallest absolute Gasteiger partial charge is 0.129 e. The highest BCUT2D eigenvalue weighted by Gasteiger charge is 2.27. The van der Waals surface area contributed by atoms with Gasteiger partial charge in [0.15, 0.2) is 0 Å². The predicted octanol–water partition coefficient (Wildman–Crippen LogP) is 2.34. The third-order valence-corrected chi connectivity index (χ3v) is 3.01. The first-order valence-electron chi connectivity index (χ1n) is 5.31. The molecule has 1 aromatic rings. The molecule has 1 fully saturated rings. The van der Waals surface area contributed by atoms with Crippen molar-refractivity contribution < 1.29 is 18.6 Å². The average Bonchev–Trinajstić information content (AvgIpc) is 2.75. The van der Waals surface area contributed by atoms with Crippen molar-refractivity contribution in [1.82, 2.24) is 0 Å². The van der Waals surface area contributed by atoms with E-state index in [1.54, 1.807) is 0 Å². The maximum atomic E-state index is 13.6. The van der Waals surface area contributed by atoms with Crippen LogP contribution in [-0.2, 0) is 4.74 Å². The van der Waals surface area contributed by atoms with Crippen LogP contribution in [0.4, 0.5) is 8.78 Å². The number of aliphatic hydroxyl groups is 1. The van der Waals surface area contributed by atoms with Crippen LogP contribution >= 0.6 is 0 Å². The van der Waals surface area contributed by atoms with E-state index in [0.717, 1.165) is 12.1 Å². The van der Waals surface area contributed by atoms with E-state index in [1.807, 2.05) is 0 Å². The molecule has 1 heterocycles. The molecule has 0 aromatic heterocycles. The number of ether oxygens (including phenoxy) is 1. The van der Waals surface area contributed by atoms with Gasteiger partial charge in [-0.1, -0.05) is 0 Å². The van der Waals surface area contributed by atoms with Crippen LogP contribution < -0.4 is 0 Å². The van der Waals surface area contributed by atoms with Crippen molar-refractivity contribution in [3.63, 3.8) is 0 Å². The Labute approximate surface area is 92.9 Å². The monoisotopic (exact) mass is 228 g/mol. The van der Waals surface area contributed by atoms with Gasteiger partial charge in [-0.25, -0.2) is 8.78 Å². The van der Waals surface area contributed by atoms with Gasteiger partial charge in [0, 0.05) is 18.1 Å². The molecular weight excluding hydrogens is 214 g/mol. The minimum Gasteiger partial charge on any atom is -0.388 e. The molecule has 0 radical (unpaired) electrons. The van der Waals surface area contributed by atoms with Crippen molar-refractivity contribution in [3.8, 4) is 0 Å². The molecule has 4 heteroatoms. The number of aryl methyl sites for hydroxylation is 1. The van der Waals surface area contributed by atoms with Gasteiger partial charge < -0.3 is 9.84 Å². The van der Waals surface area contributed by atoms with Gasteiger partial charge in [0.2, 0.25) is 0 Å². The molecule has 0 aliphatic carbocycles. The lowest BCUT2D eigenvalue weighted by atomic mass is 9.94. The van der Waals surface area contributed by atoms with Gasteiger partial charge in [0.1, 0.15) is 11.6 Å². The van der Waals surface area contributed by atoms with Crippen LogP contribution in [-0.4, -0.2) is 18.3 Å². The fraction of sp³-hybridized carbons (Fsp3) is 0.500. The molecule has 2 unspecified atom stereocenters. The molecule has 0 saturated carbocycles. The molecule has 1 aliphatic heterocycles. The van der Waals surface area contributed by atoms with Gasteiger partial charge in [0.25, 0.3) is 0 Å². The van der Waals surface area contributed by atoms with Crippen LogP contribution in [0.3, 0.4) is 0 Å². The quantitative estimate of drug-likeness (QED) is 0.841. The number of benzene rings is 1. The third-order valence-electron chi connectivity index (χ3n) is 3.01. The summed E-state index contributed by atoms with van der Waals surface area (Å²) in [6, 6.07) is 2.19. The molecular formula is C12H14F2O2. The van der Waals surface area contributed by atoms with E-state index in [1.165, 1.54) is 6.92 Å². The highest BCUT2D eigenvalue weighted by Crippen LogP contribution is 2.31. The first-order chi connectivity index (χ1) is 7.59. The summed E-state index contributed by atoms with van der Waals surface area (Å²) in [6.45, 7) is 2.46. The van der Waals surface area contributed by atoms with Crippen molar-refractivity contribution in [2.45, 2.75) is 19.4 Å². The van der Waals surface area contributed by atoms with Gasteiger partial charge in [0.05, 0.1) is 12.7 Å². The van der Waals surface area contributed by atoms with Crippen molar-refractivity contribution in [3.05, 3.63) is 34.9 Å². The summed E-state index contributed by atoms with van der Waals surface area (Å²) >= 11 is 0. The van der Waals surface area contributed by atoms with E-state index >= 15 is 0 Å². The summed E-state index contributed by atoms with van der Waals surface area (Å²) in [5, 5.41) is 9.93. The van der Waals surface area contributed by atoms with Crippen LogP contribution in [0.15, 0.2) is 12.1 Å². The second-order valence-electron chi connectivity index (χ2n) is 4.19. The minimum absolute atomic E-state index is 0.0265. The third kappa shape index (κ3) is 2.08. The summed E-state index contributed by atoms with van der Waals surface area (Å²) in [6.07, 6.45) is -0.312. The summed E-state index contributed by atoms with van der Waals surface area (Å²) in [5.41, 5.74) is 0.273. The summed E-state index contributed by atoms with van der Waals surface area (Å²) in [7, 11) is 0. The fourth-order valence-corrected chi connectivity index (χ4v) is 1.94.